The van der Waals surface area contributed by atoms with E-state index in [0.29, 0.717) is 0 Å². The van der Waals surface area contributed by atoms with Crippen molar-refractivity contribution in [1.82, 2.24) is 0 Å². The van der Waals surface area contributed by atoms with Crippen molar-refractivity contribution in [2.24, 2.45) is 0 Å². The molecule has 0 rings (SSSR count). The number of unbranched alkanes of at least 4 members (excludes halogenated alkanes) is 16. The minimum absolute atomic E-state index is 0. The van der Waals surface area contributed by atoms with Gasteiger partial charge in [0.25, 0.3) is 0 Å². The monoisotopic (exact) mass is 419 g/mol. The Balaban J connectivity index is 0. The van der Waals surface area contributed by atoms with E-state index in [9.17, 15) is 0 Å². The predicted molar refractivity (Wildman–Crippen MR) is 122 cm³/mol. The molecule has 0 saturated carbocycles. The second kappa shape index (κ2) is 23.5. The molecule has 0 aliphatic rings. The number of halogens is 1. The van der Waals surface area contributed by atoms with E-state index in [0.717, 1.165) is 17.8 Å². The Morgan fingerprint density at radius 1 is 0.500 bits per heavy atom. The molecule has 0 aromatic heterocycles. The van der Waals surface area contributed by atoms with Crippen LogP contribution in [0.25, 0.3) is 0 Å². The van der Waals surface area contributed by atoms with E-state index in [-0.39, 0.29) is 12.4 Å². The van der Waals surface area contributed by atoms with Gasteiger partial charge in [0.05, 0.1) is 27.2 Å². The van der Waals surface area contributed by atoms with Crippen LogP contribution in [0.4, 0.5) is 0 Å². The smallest absolute Gasteiger partial charge is 0.182 e. The molecule has 0 aliphatic carbocycles. The molecule has 28 heavy (non-hydrogen) atoms. The van der Waals surface area contributed by atoms with E-state index in [1.54, 1.807) is 0 Å². The lowest BCUT2D eigenvalue weighted by Gasteiger charge is -2.29. The van der Waals surface area contributed by atoms with E-state index < -0.39 is 0 Å². The molecular formula is C25H54ClNO. The number of nitrogens with zero attached hydrogens (tertiary/aromatic N) is 1. The molecule has 172 valence electrons. The number of hydrogen-bond acceptors (Lipinski definition) is 1. The first-order valence-corrected chi connectivity index (χ1v) is 12.5. The summed E-state index contributed by atoms with van der Waals surface area (Å²) in [5.41, 5.74) is 0. The van der Waals surface area contributed by atoms with E-state index in [1.165, 1.54) is 122 Å². The Morgan fingerprint density at radius 2 is 0.857 bits per heavy atom. The molecule has 0 bridgehead atoms. The molecule has 0 aromatic carbocycles. The fraction of sp³-hybridized carbons (Fsp3) is 1.00. The third-order valence-corrected chi connectivity index (χ3v) is 5.70. The molecule has 0 aromatic rings. The highest BCUT2D eigenvalue weighted by Crippen LogP contribution is 2.12. The molecule has 0 N–H and O–H groups in total. The third kappa shape index (κ3) is 24.2. The molecule has 0 heterocycles. The van der Waals surface area contributed by atoms with Crippen LogP contribution < -0.4 is 12.4 Å². The lowest BCUT2D eigenvalue weighted by atomic mass is 10.1. The maximum atomic E-state index is 5.96. The van der Waals surface area contributed by atoms with Crippen molar-refractivity contribution in [3.05, 3.63) is 0 Å². The van der Waals surface area contributed by atoms with Gasteiger partial charge in [-0.3, -0.25) is 0 Å². The summed E-state index contributed by atoms with van der Waals surface area (Å²) in [7, 11) is 4.64. The first-order chi connectivity index (χ1) is 13.1. The molecule has 0 fully saturated rings. The molecule has 0 radical (unpaired) electrons. The Morgan fingerprint density at radius 3 is 1.29 bits per heavy atom. The van der Waals surface area contributed by atoms with Crippen molar-refractivity contribution in [1.29, 1.82) is 0 Å². The fourth-order valence-corrected chi connectivity index (χ4v) is 3.74. The van der Waals surface area contributed by atoms with Crippen molar-refractivity contribution in [3.63, 3.8) is 0 Å². The first-order valence-electron chi connectivity index (χ1n) is 12.5. The van der Waals surface area contributed by atoms with Crippen LogP contribution in [0.5, 0.6) is 0 Å². The van der Waals surface area contributed by atoms with Gasteiger partial charge in [0.1, 0.15) is 0 Å². The molecule has 3 heteroatoms. The fourth-order valence-electron chi connectivity index (χ4n) is 3.74. The molecular weight excluding hydrogens is 366 g/mol. The zero-order valence-corrected chi connectivity index (χ0v) is 20.8. The summed E-state index contributed by atoms with van der Waals surface area (Å²) in [5.74, 6) is 0. The minimum atomic E-state index is 0. The Bertz CT molecular complexity index is 258. The normalized spacial score (nSPS) is 11.6. The second-order valence-electron chi connectivity index (χ2n) is 9.35. The quantitative estimate of drug-likeness (QED) is 0.135. The van der Waals surface area contributed by atoms with Gasteiger partial charge in [-0.15, -0.1) is 0 Å². The van der Waals surface area contributed by atoms with Crippen molar-refractivity contribution >= 4 is 0 Å². The molecule has 0 amide bonds. The lowest BCUT2D eigenvalue weighted by molar-refractivity contribution is -0.909. The predicted octanol–water partition coefficient (Wildman–Crippen LogP) is 5.10. The van der Waals surface area contributed by atoms with Crippen molar-refractivity contribution in [2.45, 2.75) is 129 Å². The highest BCUT2D eigenvalue weighted by atomic mass is 35.5. The topological polar surface area (TPSA) is 9.23 Å². The molecule has 2 nitrogen and oxygen atoms in total. The standard InChI is InChI=1S/C25H54NO.ClH/c1-5-7-9-11-13-15-16-17-19-21-23-26(3,4)25-27-24-22-20-18-14-12-10-8-6-2;/h5-25H2,1-4H3;1H/q+1;/p-1. The summed E-state index contributed by atoms with van der Waals surface area (Å²) < 4.78 is 6.98. The lowest BCUT2D eigenvalue weighted by Crippen LogP contribution is -3.00. The summed E-state index contributed by atoms with van der Waals surface area (Å²) in [6, 6.07) is 0. The molecule has 0 unspecified atom stereocenters. The van der Waals surface area contributed by atoms with Crippen LogP contribution in [-0.2, 0) is 4.74 Å². The summed E-state index contributed by atoms with van der Waals surface area (Å²) in [6.45, 7) is 7.67. The van der Waals surface area contributed by atoms with Gasteiger partial charge in [-0.25, -0.2) is 0 Å². The van der Waals surface area contributed by atoms with Gasteiger partial charge in [-0.1, -0.05) is 110 Å². The van der Waals surface area contributed by atoms with Gasteiger partial charge in [-0.05, 0) is 19.3 Å². The van der Waals surface area contributed by atoms with Crippen LogP contribution in [0.2, 0.25) is 0 Å². The van der Waals surface area contributed by atoms with Crippen molar-refractivity contribution in [3.8, 4) is 0 Å². The van der Waals surface area contributed by atoms with Gasteiger partial charge in [0.2, 0.25) is 0 Å². The number of ether oxygens (including phenoxy) is 1. The van der Waals surface area contributed by atoms with Crippen LogP contribution in [0.3, 0.4) is 0 Å². The summed E-state index contributed by atoms with van der Waals surface area (Å²) >= 11 is 0. The maximum Gasteiger partial charge on any atom is 0.182 e. The van der Waals surface area contributed by atoms with Gasteiger partial charge in [0, 0.05) is 0 Å². The van der Waals surface area contributed by atoms with Gasteiger partial charge in [-0.2, -0.15) is 0 Å². The summed E-state index contributed by atoms with van der Waals surface area (Å²) in [4.78, 5) is 0. The maximum absolute atomic E-state index is 5.96. The highest BCUT2D eigenvalue weighted by molar-refractivity contribution is 4.48. The van der Waals surface area contributed by atoms with Gasteiger partial charge in [0.15, 0.2) is 6.73 Å². The van der Waals surface area contributed by atoms with Crippen LogP contribution in [0.1, 0.15) is 129 Å². The van der Waals surface area contributed by atoms with Gasteiger partial charge >= 0.3 is 0 Å². The minimum Gasteiger partial charge on any atom is -1.00 e. The van der Waals surface area contributed by atoms with E-state index in [4.69, 9.17) is 4.74 Å². The Hall–Kier alpha value is 0.210. The largest absolute Gasteiger partial charge is 1.00 e. The molecule has 0 atom stereocenters. The van der Waals surface area contributed by atoms with Crippen LogP contribution >= 0.6 is 0 Å². The number of rotatable bonds is 22. The highest BCUT2D eigenvalue weighted by Gasteiger charge is 2.14. The molecule has 0 spiro atoms. The van der Waals surface area contributed by atoms with Gasteiger partial charge < -0.3 is 21.6 Å². The summed E-state index contributed by atoms with van der Waals surface area (Å²) in [5, 5.41) is 0. The zero-order chi connectivity index (χ0) is 20.1. The summed E-state index contributed by atoms with van der Waals surface area (Å²) in [6.07, 6.45) is 25.2. The van der Waals surface area contributed by atoms with E-state index in [2.05, 4.69) is 27.9 Å². The van der Waals surface area contributed by atoms with Crippen LogP contribution in [0, 0.1) is 0 Å². The van der Waals surface area contributed by atoms with E-state index >= 15 is 0 Å². The molecule has 0 aliphatic heterocycles. The first kappa shape index (κ1) is 30.4. The van der Waals surface area contributed by atoms with Crippen LogP contribution in [0.15, 0.2) is 0 Å². The second-order valence-corrected chi connectivity index (χ2v) is 9.35. The van der Waals surface area contributed by atoms with E-state index in [1.807, 2.05) is 0 Å². The average molecular weight is 420 g/mol. The third-order valence-electron chi connectivity index (χ3n) is 5.70. The Kier molecular flexibility index (Phi) is 25.5. The van der Waals surface area contributed by atoms with Crippen molar-refractivity contribution in [2.75, 3.05) is 34.0 Å². The Labute approximate surface area is 185 Å². The average Bonchev–Trinajstić information content (AvgIpc) is 2.64. The van der Waals surface area contributed by atoms with Crippen molar-refractivity contribution < 1.29 is 21.6 Å². The number of quaternary nitrogens is 1. The van der Waals surface area contributed by atoms with Crippen LogP contribution in [-0.4, -0.2) is 38.5 Å². The molecule has 0 saturated heterocycles. The SMILES string of the molecule is CCCCCCCCCCCC[N+](C)(C)COCCCCCCCCCC.[Cl-]. The zero-order valence-electron chi connectivity index (χ0n) is 20.1. The number of hydrogen-bond donors (Lipinski definition) is 0.